The zero-order valence-corrected chi connectivity index (χ0v) is 10.9. The fourth-order valence-corrected chi connectivity index (χ4v) is 1.63. The fourth-order valence-electron chi connectivity index (χ4n) is 1.63. The van der Waals surface area contributed by atoms with Gasteiger partial charge in [-0.3, -0.25) is 4.79 Å². The summed E-state index contributed by atoms with van der Waals surface area (Å²) in [4.78, 5) is 11.4. The second-order valence-electron chi connectivity index (χ2n) is 4.30. The van der Waals surface area contributed by atoms with Crippen molar-refractivity contribution in [3.63, 3.8) is 0 Å². The molecule has 0 spiro atoms. The number of carbonyl (C=O) groups excluding carboxylic acids is 1. The van der Waals surface area contributed by atoms with E-state index in [1.807, 2.05) is 0 Å². The number of benzene rings is 1. The van der Waals surface area contributed by atoms with Gasteiger partial charge in [-0.1, -0.05) is 0 Å². The summed E-state index contributed by atoms with van der Waals surface area (Å²) < 4.78 is 0. The molecule has 1 rings (SSSR count). The highest BCUT2D eigenvalue weighted by molar-refractivity contribution is 5.95. The van der Waals surface area contributed by atoms with E-state index in [-0.39, 0.29) is 12.0 Å². The van der Waals surface area contributed by atoms with Crippen LogP contribution in [0.1, 0.15) is 30.1 Å². The molecule has 0 heterocycles. The quantitative estimate of drug-likeness (QED) is 0.452. The van der Waals surface area contributed by atoms with Gasteiger partial charge in [0.15, 0.2) is 0 Å². The molecule has 1 aromatic rings. The maximum Gasteiger partial charge on any atom is 0.251 e. The normalized spacial score (nSPS) is 11.9. The highest BCUT2D eigenvalue weighted by Gasteiger charge is 2.06. The van der Waals surface area contributed by atoms with E-state index in [4.69, 9.17) is 10.8 Å². The number of nitrogens with one attached hydrogen (secondary N) is 2. The van der Waals surface area contributed by atoms with Crippen LogP contribution in [0.3, 0.4) is 0 Å². The lowest BCUT2D eigenvalue weighted by Crippen LogP contribution is -2.18. The molecule has 0 fully saturated rings. The van der Waals surface area contributed by atoms with E-state index in [9.17, 15) is 4.79 Å². The molecule has 0 saturated heterocycles. The third kappa shape index (κ3) is 4.25. The van der Waals surface area contributed by atoms with Crippen LogP contribution in [-0.4, -0.2) is 30.7 Å². The highest BCUT2D eigenvalue weighted by atomic mass is 16.3. The zero-order chi connectivity index (χ0) is 13.5. The van der Waals surface area contributed by atoms with Crippen molar-refractivity contribution in [1.29, 1.82) is 0 Å². The predicted molar refractivity (Wildman–Crippen MR) is 73.6 cm³/mol. The third-order valence-electron chi connectivity index (χ3n) is 2.65. The molecular formula is C13H21N3O2. The minimum absolute atomic E-state index is 0.151. The van der Waals surface area contributed by atoms with Crippen molar-refractivity contribution in [3.8, 4) is 0 Å². The lowest BCUT2D eigenvalue weighted by atomic mass is 10.1. The third-order valence-corrected chi connectivity index (χ3v) is 2.65. The maximum atomic E-state index is 11.4. The molecule has 0 aliphatic heterocycles. The zero-order valence-electron chi connectivity index (χ0n) is 10.9. The summed E-state index contributed by atoms with van der Waals surface area (Å²) in [5.41, 5.74) is 7.77. The molecule has 0 aliphatic carbocycles. The summed E-state index contributed by atoms with van der Waals surface area (Å²) in [7, 11) is 1.58. The van der Waals surface area contributed by atoms with E-state index in [0.29, 0.717) is 11.3 Å². The van der Waals surface area contributed by atoms with Crippen molar-refractivity contribution >= 4 is 17.3 Å². The van der Waals surface area contributed by atoms with Gasteiger partial charge in [0.25, 0.3) is 5.91 Å². The Hall–Kier alpha value is -1.75. The van der Waals surface area contributed by atoms with Gasteiger partial charge in [0.2, 0.25) is 0 Å². The van der Waals surface area contributed by atoms with Gasteiger partial charge in [-0.25, -0.2) is 0 Å². The molecular weight excluding hydrogens is 230 g/mol. The number of amides is 1. The van der Waals surface area contributed by atoms with Crippen molar-refractivity contribution in [1.82, 2.24) is 5.32 Å². The van der Waals surface area contributed by atoms with Crippen LogP contribution in [0.4, 0.5) is 11.4 Å². The smallest absolute Gasteiger partial charge is 0.251 e. The van der Waals surface area contributed by atoms with E-state index < -0.39 is 0 Å². The summed E-state index contributed by atoms with van der Waals surface area (Å²) in [6.45, 7) is 2.51. The number of aliphatic hydroxyl groups is 1. The van der Waals surface area contributed by atoms with E-state index in [2.05, 4.69) is 10.6 Å². The van der Waals surface area contributed by atoms with Crippen molar-refractivity contribution in [2.45, 2.75) is 25.9 Å². The molecule has 1 aromatic carbocycles. The topological polar surface area (TPSA) is 87.4 Å². The number of nitrogens with two attached hydrogens (primary N) is 1. The Labute approximate surface area is 107 Å². The van der Waals surface area contributed by atoms with Crippen LogP contribution in [-0.2, 0) is 0 Å². The predicted octanol–water partition coefficient (Wildman–Crippen LogP) is 1.20. The molecule has 18 heavy (non-hydrogen) atoms. The Kier molecular flexibility index (Phi) is 5.45. The monoisotopic (exact) mass is 251 g/mol. The van der Waals surface area contributed by atoms with Crippen LogP contribution in [0, 0.1) is 0 Å². The molecule has 0 aliphatic rings. The van der Waals surface area contributed by atoms with Gasteiger partial charge >= 0.3 is 0 Å². The molecule has 5 nitrogen and oxygen atoms in total. The average Bonchev–Trinajstić information content (AvgIpc) is 2.34. The Morgan fingerprint density at radius 2 is 2.22 bits per heavy atom. The first-order chi connectivity index (χ1) is 8.54. The summed E-state index contributed by atoms with van der Waals surface area (Å²) in [5, 5.41) is 14.9. The van der Waals surface area contributed by atoms with Crippen molar-refractivity contribution in [2.75, 3.05) is 24.6 Å². The second kappa shape index (κ2) is 6.86. The second-order valence-corrected chi connectivity index (χ2v) is 4.30. The van der Waals surface area contributed by atoms with Crippen LogP contribution in [0.5, 0.6) is 0 Å². The minimum Gasteiger partial charge on any atom is -0.397 e. The van der Waals surface area contributed by atoms with Crippen LogP contribution < -0.4 is 16.4 Å². The Morgan fingerprint density at radius 3 is 2.78 bits per heavy atom. The molecule has 0 aromatic heterocycles. The first-order valence-electron chi connectivity index (χ1n) is 6.08. The van der Waals surface area contributed by atoms with Crippen LogP contribution >= 0.6 is 0 Å². The van der Waals surface area contributed by atoms with Gasteiger partial charge in [0.1, 0.15) is 0 Å². The summed E-state index contributed by atoms with van der Waals surface area (Å²) in [5.74, 6) is -0.151. The number of aliphatic hydroxyl groups excluding tert-OH is 1. The Morgan fingerprint density at radius 1 is 1.50 bits per heavy atom. The first-order valence-corrected chi connectivity index (χ1v) is 6.08. The number of hydrogen-bond acceptors (Lipinski definition) is 4. The number of nitrogen functional groups attached to an aromatic ring is 1. The standard InChI is InChI=1S/C13H21N3O2/c1-9(17)4-3-7-16-12-6-5-10(8-11(12)14)13(18)15-2/h5-6,8-9,16-17H,3-4,7,14H2,1-2H3,(H,15,18). The number of hydrogen-bond donors (Lipinski definition) is 4. The molecule has 0 bridgehead atoms. The van der Waals surface area contributed by atoms with Crippen molar-refractivity contribution in [3.05, 3.63) is 23.8 Å². The fraction of sp³-hybridized carbons (Fsp3) is 0.462. The van der Waals surface area contributed by atoms with E-state index in [0.717, 1.165) is 25.1 Å². The van der Waals surface area contributed by atoms with E-state index in [1.165, 1.54) is 0 Å². The maximum absolute atomic E-state index is 11.4. The molecule has 5 N–H and O–H groups in total. The van der Waals surface area contributed by atoms with Gasteiger partial charge in [-0.2, -0.15) is 0 Å². The number of rotatable bonds is 6. The van der Waals surface area contributed by atoms with E-state index in [1.54, 1.807) is 32.2 Å². The van der Waals surface area contributed by atoms with Crippen molar-refractivity contribution in [2.24, 2.45) is 0 Å². The number of anilines is 2. The highest BCUT2D eigenvalue weighted by Crippen LogP contribution is 2.19. The molecule has 1 atom stereocenters. The van der Waals surface area contributed by atoms with Crippen LogP contribution in [0.15, 0.2) is 18.2 Å². The summed E-state index contributed by atoms with van der Waals surface area (Å²) in [6.07, 6.45) is 1.34. The number of carbonyl (C=O) groups is 1. The van der Waals surface area contributed by atoms with Crippen molar-refractivity contribution < 1.29 is 9.90 Å². The average molecular weight is 251 g/mol. The summed E-state index contributed by atoms with van der Waals surface area (Å²) in [6, 6.07) is 5.17. The lowest BCUT2D eigenvalue weighted by molar-refractivity contribution is 0.0963. The minimum atomic E-state index is -0.278. The van der Waals surface area contributed by atoms with Gasteiger partial charge in [-0.15, -0.1) is 0 Å². The lowest BCUT2D eigenvalue weighted by Gasteiger charge is -2.11. The van der Waals surface area contributed by atoms with Gasteiger partial charge in [0, 0.05) is 19.2 Å². The molecule has 0 saturated carbocycles. The molecule has 100 valence electrons. The first kappa shape index (κ1) is 14.3. The molecule has 5 heteroatoms. The molecule has 1 amide bonds. The Bertz CT molecular complexity index is 405. The van der Waals surface area contributed by atoms with Crippen LogP contribution in [0.25, 0.3) is 0 Å². The molecule has 1 unspecified atom stereocenters. The van der Waals surface area contributed by atoms with Gasteiger partial charge in [0.05, 0.1) is 17.5 Å². The van der Waals surface area contributed by atoms with Gasteiger partial charge < -0.3 is 21.5 Å². The molecule has 0 radical (unpaired) electrons. The van der Waals surface area contributed by atoms with Crippen LogP contribution in [0.2, 0.25) is 0 Å². The summed E-state index contributed by atoms with van der Waals surface area (Å²) >= 11 is 0. The SMILES string of the molecule is CNC(=O)c1ccc(NCCCC(C)O)c(N)c1. The Balaban J connectivity index is 2.55. The largest absolute Gasteiger partial charge is 0.397 e. The van der Waals surface area contributed by atoms with Gasteiger partial charge in [-0.05, 0) is 38.0 Å². The van der Waals surface area contributed by atoms with E-state index >= 15 is 0 Å².